The first-order valence-corrected chi connectivity index (χ1v) is 6.09. The van der Waals surface area contributed by atoms with Crippen molar-refractivity contribution in [3.63, 3.8) is 0 Å². The van der Waals surface area contributed by atoms with Crippen LogP contribution in [0.1, 0.15) is 11.1 Å². The van der Waals surface area contributed by atoms with Gasteiger partial charge in [0.1, 0.15) is 17.0 Å². The Bertz CT molecular complexity index is 631. The smallest absolute Gasteiger partial charge is 0.149 e. The fraction of sp³-hybridized carbons (Fsp3) is 0.143. The molecular weight excluding hydrogens is 246 g/mol. The molecule has 0 radical (unpaired) electrons. The number of nitriles is 1. The molecule has 1 aliphatic heterocycles. The molecule has 3 rings (SSSR count). The molecule has 0 bridgehead atoms. The van der Waals surface area contributed by atoms with Crippen LogP contribution in [0, 0.1) is 11.3 Å². The summed E-state index contributed by atoms with van der Waals surface area (Å²) in [6.45, 7) is 0.873. The van der Waals surface area contributed by atoms with Gasteiger partial charge in [-0.15, -0.1) is 0 Å². The largest absolute Gasteiger partial charge is 0.326 e. The summed E-state index contributed by atoms with van der Waals surface area (Å²) in [6.07, 6.45) is 0.892. The van der Waals surface area contributed by atoms with Gasteiger partial charge < -0.3 is 4.90 Å². The monoisotopic (exact) mass is 255 g/mol. The quantitative estimate of drug-likeness (QED) is 0.734. The van der Waals surface area contributed by atoms with E-state index >= 15 is 0 Å². The van der Waals surface area contributed by atoms with Crippen LogP contribution in [0.25, 0.3) is 0 Å². The van der Waals surface area contributed by atoms with E-state index in [9.17, 15) is 0 Å². The van der Waals surface area contributed by atoms with Crippen molar-refractivity contribution in [3.05, 3.63) is 52.7 Å². The highest BCUT2D eigenvalue weighted by atomic mass is 35.5. The van der Waals surface area contributed by atoms with Crippen LogP contribution in [0.5, 0.6) is 0 Å². The number of fused-ring (bicyclic) bond motifs is 1. The summed E-state index contributed by atoms with van der Waals surface area (Å²) in [5, 5.41) is 9.22. The number of para-hydroxylation sites is 1. The SMILES string of the molecule is N#Cc1cc2c(nc1Cl)N(c1ccccc1)CC2. The summed E-state index contributed by atoms with van der Waals surface area (Å²) < 4.78 is 0. The lowest BCUT2D eigenvalue weighted by Crippen LogP contribution is -2.14. The van der Waals surface area contributed by atoms with E-state index in [2.05, 4.69) is 16.0 Å². The van der Waals surface area contributed by atoms with Gasteiger partial charge in [0, 0.05) is 12.2 Å². The standard InChI is InChI=1S/C14H10ClN3/c15-13-11(9-16)8-10-6-7-18(14(10)17-13)12-4-2-1-3-5-12/h1-5,8H,6-7H2. The van der Waals surface area contributed by atoms with Crippen molar-refractivity contribution >= 4 is 23.1 Å². The third-order valence-electron chi connectivity index (χ3n) is 3.08. The highest BCUT2D eigenvalue weighted by Gasteiger charge is 2.23. The van der Waals surface area contributed by atoms with Crippen molar-refractivity contribution in [2.24, 2.45) is 0 Å². The topological polar surface area (TPSA) is 39.9 Å². The highest BCUT2D eigenvalue weighted by molar-refractivity contribution is 6.30. The van der Waals surface area contributed by atoms with Gasteiger partial charge in [-0.1, -0.05) is 29.8 Å². The number of pyridine rings is 1. The van der Waals surface area contributed by atoms with Gasteiger partial charge in [-0.3, -0.25) is 0 Å². The molecule has 0 saturated carbocycles. The summed E-state index contributed by atoms with van der Waals surface area (Å²) in [7, 11) is 0. The summed E-state index contributed by atoms with van der Waals surface area (Å²) in [4.78, 5) is 6.48. The molecule has 0 atom stereocenters. The van der Waals surface area contributed by atoms with Crippen LogP contribution in [-0.4, -0.2) is 11.5 Å². The first-order chi connectivity index (χ1) is 8.79. The molecule has 0 aliphatic carbocycles. The van der Waals surface area contributed by atoms with Crippen LogP contribution in [0.2, 0.25) is 5.15 Å². The third kappa shape index (κ3) is 1.71. The molecule has 0 amide bonds. The van der Waals surface area contributed by atoms with Gasteiger partial charge in [0.25, 0.3) is 0 Å². The minimum atomic E-state index is 0.277. The molecule has 88 valence electrons. The van der Waals surface area contributed by atoms with Gasteiger partial charge >= 0.3 is 0 Å². The molecule has 0 fully saturated rings. The molecule has 2 heterocycles. The average Bonchev–Trinajstić information content (AvgIpc) is 2.81. The number of rotatable bonds is 1. The maximum Gasteiger partial charge on any atom is 0.149 e. The molecule has 4 heteroatoms. The van der Waals surface area contributed by atoms with Crippen molar-refractivity contribution in [3.8, 4) is 6.07 Å². The zero-order chi connectivity index (χ0) is 12.5. The lowest BCUT2D eigenvalue weighted by molar-refractivity contribution is 0.990. The van der Waals surface area contributed by atoms with Gasteiger partial charge in [-0.2, -0.15) is 5.26 Å². The van der Waals surface area contributed by atoms with Crippen molar-refractivity contribution < 1.29 is 0 Å². The Morgan fingerprint density at radius 1 is 1.28 bits per heavy atom. The minimum Gasteiger partial charge on any atom is -0.326 e. The van der Waals surface area contributed by atoms with E-state index < -0.39 is 0 Å². The second-order valence-corrected chi connectivity index (χ2v) is 4.52. The van der Waals surface area contributed by atoms with Crippen molar-refractivity contribution in [2.45, 2.75) is 6.42 Å². The minimum absolute atomic E-state index is 0.277. The second kappa shape index (κ2) is 4.32. The van der Waals surface area contributed by atoms with Crippen molar-refractivity contribution in [1.82, 2.24) is 4.98 Å². The van der Waals surface area contributed by atoms with Crippen LogP contribution in [0.4, 0.5) is 11.5 Å². The van der Waals surface area contributed by atoms with Crippen LogP contribution in [0.15, 0.2) is 36.4 Å². The van der Waals surface area contributed by atoms with E-state index in [0.29, 0.717) is 5.56 Å². The van der Waals surface area contributed by atoms with Gasteiger partial charge in [0.05, 0.1) is 5.56 Å². The van der Waals surface area contributed by atoms with Crippen molar-refractivity contribution in [2.75, 3.05) is 11.4 Å². The van der Waals surface area contributed by atoms with Gasteiger partial charge in [-0.25, -0.2) is 4.98 Å². The Morgan fingerprint density at radius 3 is 2.78 bits per heavy atom. The third-order valence-corrected chi connectivity index (χ3v) is 3.37. The Balaban J connectivity index is 2.08. The zero-order valence-corrected chi connectivity index (χ0v) is 10.4. The predicted octanol–water partition coefficient (Wildman–Crippen LogP) is 3.30. The summed E-state index contributed by atoms with van der Waals surface area (Å²) >= 11 is 6.00. The van der Waals surface area contributed by atoms with Crippen LogP contribution < -0.4 is 4.90 Å². The lowest BCUT2D eigenvalue weighted by Gasteiger charge is -2.18. The first-order valence-electron chi connectivity index (χ1n) is 5.71. The Hall–Kier alpha value is -2.05. The van der Waals surface area contributed by atoms with Crippen LogP contribution >= 0.6 is 11.6 Å². The number of nitrogens with zero attached hydrogens (tertiary/aromatic N) is 3. The van der Waals surface area contributed by atoms with E-state index in [4.69, 9.17) is 16.9 Å². The van der Waals surface area contributed by atoms with Gasteiger partial charge in [-0.05, 0) is 30.2 Å². The molecule has 0 unspecified atom stereocenters. The fourth-order valence-corrected chi connectivity index (χ4v) is 2.39. The molecule has 0 spiro atoms. The molecule has 0 N–H and O–H groups in total. The van der Waals surface area contributed by atoms with E-state index in [1.54, 1.807) is 0 Å². The maximum absolute atomic E-state index is 8.94. The molecule has 1 aromatic carbocycles. The number of benzene rings is 1. The van der Waals surface area contributed by atoms with Crippen molar-refractivity contribution in [1.29, 1.82) is 5.26 Å². The Morgan fingerprint density at radius 2 is 2.06 bits per heavy atom. The fourth-order valence-electron chi connectivity index (χ4n) is 2.22. The van der Waals surface area contributed by atoms with Gasteiger partial charge in [0.15, 0.2) is 0 Å². The van der Waals surface area contributed by atoms with E-state index in [-0.39, 0.29) is 5.15 Å². The summed E-state index contributed by atoms with van der Waals surface area (Å²) in [6, 6.07) is 14.0. The number of anilines is 2. The van der Waals surface area contributed by atoms with E-state index in [0.717, 1.165) is 30.0 Å². The lowest BCUT2D eigenvalue weighted by atomic mass is 10.2. The van der Waals surface area contributed by atoms with E-state index in [1.807, 2.05) is 36.4 Å². The second-order valence-electron chi connectivity index (χ2n) is 4.16. The Labute approximate surface area is 110 Å². The molecule has 1 aromatic heterocycles. The average molecular weight is 256 g/mol. The molecule has 2 aromatic rings. The number of halogens is 1. The van der Waals surface area contributed by atoms with Crippen LogP contribution in [0.3, 0.4) is 0 Å². The summed E-state index contributed by atoms with van der Waals surface area (Å²) in [5.74, 6) is 0.866. The van der Waals surface area contributed by atoms with Gasteiger partial charge in [0.2, 0.25) is 0 Å². The Kier molecular flexibility index (Phi) is 2.66. The highest BCUT2D eigenvalue weighted by Crippen LogP contribution is 2.34. The zero-order valence-electron chi connectivity index (χ0n) is 9.60. The molecule has 1 aliphatic rings. The van der Waals surface area contributed by atoms with Crippen LogP contribution in [-0.2, 0) is 6.42 Å². The molecule has 18 heavy (non-hydrogen) atoms. The summed E-state index contributed by atoms with van der Waals surface area (Å²) in [5.41, 5.74) is 2.63. The molecule has 0 saturated heterocycles. The number of hydrogen-bond donors (Lipinski definition) is 0. The van der Waals surface area contributed by atoms with E-state index in [1.165, 1.54) is 0 Å². The molecular formula is C14H10ClN3. The predicted molar refractivity (Wildman–Crippen MR) is 71.1 cm³/mol. The maximum atomic E-state index is 8.94. The first kappa shape index (κ1) is 11.1. The molecule has 3 nitrogen and oxygen atoms in total. The normalized spacial score (nSPS) is 13.2. The number of hydrogen-bond acceptors (Lipinski definition) is 3. The number of aromatic nitrogens is 1.